The summed E-state index contributed by atoms with van der Waals surface area (Å²) in [5, 5.41) is 6.76. The molecule has 1 amide bonds. The monoisotopic (exact) mass is 376 g/mol. The number of rotatable bonds is 6. The Hall–Kier alpha value is -3.20. The maximum Gasteiger partial charge on any atom is 0.411 e. The lowest BCUT2D eigenvalue weighted by Gasteiger charge is -2.09. The van der Waals surface area contributed by atoms with E-state index in [0.717, 1.165) is 5.69 Å². The van der Waals surface area contributed by atoms with Crippen molar-refractivity contribution in [2.45, 2.75) is 12.8 Å². The topological polar surface area (TPSA) is 69.0 Å². The van der Waals surface area contributed by atoms with Gasteiger partial charge in [-0.1, -0.05) is 12.1 Å². The summed E-state index contributed by atoms with van der Waals surface area (Å²) in [7, 11) is 0. The van der Waals surface area contributed by atoms with Crippen LogP contribution in [0.4, 0.5) is 18.9 Å². The van der Waals surface area contributed by atoms with Gasteiger partial charge in [0.15, 0.2) is 0 Å². The van der Waals surface area contributed by atoms with Crippen LogP contribution in [0.2, 0.25) is 0 Å². The molecule has 3 aromatic rings. The van der Waals surface area contributed by atoms with Gasteiger partial charge in [-0.25, -0.2) is 9.67 Å². The third-order valence-corrected chi connectivity index (χ3v) is 3.56. The third-order valence-electron chi connectivity index (χ3n) is 3.56. The van der Waals surface area contributed by atoms with Crippen LogP contribution in [0.5, 0.6) is 0 Å². The number of nitrogens with zero attached hydrogens (tertiary/aromatic N) is 3. The Kier molecular flexibility index (Phi) is 5.51. The number of hydrogen-bond acceptors (Lipinski definition) is 4. The molecule has 0 unspecified atom stereocenters. The van der Waals surface area contributed by atoms with Crippen molar-refractivity contribution >= 4 is 11.6 Å². The first-order valence-electron chi connectivity index (χ1n) is 7.90. The summed E-state index contributed by atoms with van der Waals surface area (Å²) in [5.41, 5.74) is 2.33. The number of ether oxygens (including phenoxy) is 1. The molecule has 0 saturated carbocycles. The van der Waals surface area contributed by atoms with Crippen LogP contribution in [0.1, 0.15) is 15.9 Å². The van der Waals surface area contributed by atoms with E-state index in [1.807, 2.05) is 0 Å². The molecule has 3 rings (SSSR count). The number of aromatic nitrogens is 3. The van der Waals surface area contributed by atoms with Crippen LogP contribution in [-0.4, -0.2) is 33.5 Å². The molecule has 27 heavy (non-hydrogen) atoms. The van der Waals surface area contributed by atoms with Gasteiger partial charge in [0.2, 0.25) is 0 Å². The van der Waals surface area contributed by atoms with Gasteiger partial charge < -0.3 is 10.1 Å². The number of benzene rings is 2. The van der Waals surface area contributed by atoms with Gasteiger partial charge in [0.1, 0.15) is 19.3 Å². The van der Waals surface area contributed by atoms with Crippen LogP contribution in [0, 0.1) is 0 Å². The molecule has 0 aliphatic carbocycles. The molecule has 0 spiro atoms. The molecule has 0 aliphatic rings. The molecular weight excluding hydrogens is 361 g/mol. The Morgan fingerprint density at radius 2 is 1.78 bits per heavy atom. The first-order chi connectivity index (χ1) is 12.9. The summed E-state index contributed by atoms with van der Waals surface area (Å²) in [6, 6.07) is 13.2. The number of amides is 1. The Morgan fingerprint density at radius 3 is 2.37 bits per heavy atom. The van der Waals surface area contributed by atoms with Gasteiger partial charge in [-0.3, -0.25) is 4.79 Å². The summed E-state index contributed by atoms with van der Waals surface area (Å²) in [5.74, 6) is -0.328. The Labute approximate surface area is 152 Å². The number of carbonyl (C=O) groups is 1. The molecule has 0 aliphatic heterocycles. The van der Waals surface area contributed by atoms with E-state index in [1.165, 1.54) is 18.5 Å². The Balaban J connectivity index is 1.56. The lowest BCUT2D eigenvalue weighted by atomic mass is 10.1. The van der Waals surface area contributed by atoms with Gasteiger partial charge in [0, 0.05) is 11.3 Å². The van der Waals surface area contributed by atoms with Gasteiger partial charge in [0.25, 0.3) is 5.91 Å². The molecular formula is C18H15F3N4O2. The van der Waals surface area contributed by atoms with E-state index < -0.39 is 12.8 Å². The quantitative estimate of drug-likeness (QED) is 0.714. The minimum absolute atomic E-state index is 0.175. The Bertz CT molecular complexity index is 876. The fraction of sp³-hybridized carbons (Fsp3) is 0.167. The molecule has 1 aromatic heterocycles. The van der Waals surface area contributed by atoms with E-state index >= 15 is 0 Å². The van der Waals surface area contributed by atoms with Crippen LogP contribution < -0.4 is 5.32 Å². The number of halogens is 3. The molecule has 0 fully saturated rings. The van der Waals surface area contributed by atoms with E-state index in [-0.39, 0.29) is 12.5 Å². The van der Waals surface area contributed by atoms with E-state index in [4.69, 9.17) is 0 Å². The third kappa shape index (κ3) is 5.38. The average Bonchev–Trinajstić information content (AvgIpc) is 3.16. The first kappa shape index (κ1) is 18.6. The highest BCUT2D eigenvalue weighted by atomic mass is 19.4. The average molecular weight is 376 g/mol. The fourth-order valence-corrected chi connectivity index (χ4v) is 2.28. The van der Waals surface area contributed by atoms with Crippen molar-refractivity contribution in [2.24, 2.45) is 0 Å². The van der Waals surface area contributed by atoms with Crippen molar-refractivity contribution in [2.75, 3.05) is 11.9 Å². The highest BCUT2D eigenvalue weighted by molar-refractivity contribution is 6.04. The van der Waals surface area contributed by atoms with Crippen molar-refractivity contribution in [3.8, 4) is 5.69 Å². The highest BCUT2D eigenvalue weighted by Crippen LogP contribution is 2.17. The van der Waals surface area contributed by atoms with Gasteiger partial charge in [-0.05, 0) is 42.0 Å². The number of anilines is 1. The normalized spacial score (nSPS) is 11.4. The standard InChI is InChI=1S/C18H15F3N4O2/c19-18(20,21)10-27-9-13-1-3-14(4-2-13)17(26)24-15-5-7-16(8-6-15)25-12-22-11-23-25/h1-8,11-12H,9-10H2,(H,24,26). The van der Waals surface area contributed by atoms with Crippen molar-refractivity contribution in [3.63, 3.8) is 0 Å². The lowest BCUT2D eigenvalue weighted by Crippen LogP contribution is -2.16. The van der Waals surface area contributed by atoms with Crippen LogP contribution in [0.3, 0.4) is 0 Å². The molecule has 140 valence electrons. The van der Waals surface area contributed by atoms with E-state index in [1.54, 1.807) is 47.4 Å². The zero-order valence-corrected chi connectivity index (χ0v) is 14.0. The second-order valence-electron chi connectivity index (χ2n) is 5.65. The second-order valence-corrected chi connectivity index (χ2v) is 5.65. The van der Waals surface area contributed by atoms with Gasteiger partial charge >= 0.3 is 6.18 Å². The molecule has 0 radical (unpaired) electrons. The molecule has 0 bridgehead atoms. The summed E-state index contributed by atoms with van der Waals surface area (Å²) < 4.78 is 42.3. The largest absolute Gasteiger partial charge is 0.411 e. The first-order valence-corrected chi connectivity index (χ1v) is 7.90. The van der Waals surface area contributed by atoms with Crippen molar-refractivity contribution in [1.29, 1.82) is 0 Å². The summed E-state index contributed by atoms with van der Waals surface area (Å²) in [6.45, 7) is -1.48. The fourth-order valence-electron chi connectivity index (χ4n) is 2.28. The van der Waals surface area contributed by atoms with Crippen molar-refractivity contribution in [1.82, 2.24) is 14.8 Å². The van der Waals surface area contributed by atoms with Crippen LogP contribution in [0.25, 0.3) is 5.69 Å². The summed E-state index contributed by atoms with van der Waals surface area (Å²) in [4.78, 5) is 16.1. The molecule has 0 atom stereocenters. The van der Waals surface area contributed by atoms with E-state index in [9.17, 15) is 18.0 Å². The minimum atomic E-state index is -4.36. The van der Waals surface area contributed by atoms with Gasteiger partial charge in [-0.15, -0.1) is 0 Å². The van der Waals surface area contributed by atoms with Crippen LogP contribution in [-0.2, 0) is 11.3 Å². The number of carbonyl (C=O) groups excluding carboxylic acids is 1. The smallest absolute Gasteiger partial charge is 0.367 e. The predicted molar refractivity (Wildman–Crippen MR) is 91.5 cm³/mol. The predicted octanol–water partition coefficient (Wildman–Crippen LogP) is 3.60. The maximum absolute atomic E-state index is 12.3. The molecule has 2 aromatic carbocycles. The molecule has 1 heterocycles. The zero-order valence-electron chi connectivity index (χ0n) is 14.0. The van der Waals surface area contributed by atoms with Crippen LogP contribution >= 0.6 is 0 Å². The van der Waals surface area contributed by atoms with Crippen molar-refractivity contribution in [3.05, 3.63) is 72.3 Å². The molecule has 1 N–H and O–H groups in total. The Morgan fingerprint density at radius 1 is 1.07 bits per heavy atom. The molecule has 6 nitrogen and oxygen atoms in total. The SMILES string of the molecule is O=C(Nc1ccc(-n2cncn2)cc1)c1ccc(COCC(F)(F)F)cc1. The van der Waals surface area contributed by atoms with Crippen molar-refractivity contribution < 1.29 is 22.7 Å². The lowest BCUT2D eigenvalue weighted by molar-refractivity contribution is -0.176. The van der Waals surface area contributed by atoms with E-state index in [0.29, 0.717) is 16.8 Å². The minimum Gasteiger partial charge on any atom is -0.367 e. The second kappa shape index (κ2) is 8.00. The number of nitrogens with one attached hydrogen (secondary N) is 1. The maximum atomic E-state index is 12.3. The summed E-state index contributed by atoms with van der Waals surface area (Å²) in [6.07, 6.45) is -1.37. The number of hydrogen-bond donors (Lipinski definition) is 1. The van der Waals surface area contributed by atoms with Gasteiger partial charge in [0.05, 0.1) is 12.3 Å². The summed E-state index contributed by atoms with van der Waals surface area (Å²) >= 11 is 0. The molecule has 0 saturated heterocycles. The molecule has 9 heteroatoms. The van der Waals surface area contributed by atoms with Crippen LogP contribution in [0.15, 0.2) is 61.2 Å². The van der Waals surface area contributed by atoms with Gasteiger partial charge in [-0.2, -0.15) is 18.3 Å². The zero-order chi connectivity index (χ0) is 19.3. The number of alkyl halides is 3. The van der Waals surface area contributed by atoms with E-state index in [2.05, 4.69) is 20.1 Å². The highest BCUT2D eigenvalue weighted by Gasteiger charge is 2.27.